The van der Waals surface area contributed by atoms with Gasteiger partial charge in [0.05, 0.1) is 27.1 Å². The predicted octanol–water partition coefficient (Wildman–Crippen LogP) is 5.69. The summed E-state index contributed by atoms with van der Waals surface area (Å²) in [6.45, 7) is 9.09. The number of hydrogen-bond donors (Lipinski definition) is 1. The Kier molecular flexibility index (Phi) is 7.46. The summed E-state index contributed by atoms with van der Waals surface area (Å²) in [5, 5.41) is 3.82. The van der Waals surface area contributed by atoms with E-state index in [0.717, 1.165) is 33.4 Å². The second kappa shape index (κ2) is 10.3. The van der Waals surface area contributed by atoms with Gasteiger partial charge in [0.15, 0.2) is 0 Å². The third-order valence-electron chi connectivity index (χ3n) is 5.13. The van der Waals surface area contributed by atoms with Gasteiger partial charge in [-0.15, -0.1) is 0 Å². The van der Waals surface area contributed by atoms with Gasteiger partial charge in [-0.05, 0) is 49.6 Å². The van der Waals surface area contributed by atoms with Crippen molar-refractivity contribution in [3.8, 4) is 28.4 Å². The van der Waals surface area contributed by atoms with E-state index in [0.29, 0.717) is 36.2 Å². The maximum atomic E-state index is 12.4. The lowest BCUT2D eigenvalue weighted by molar-refractivity contribution is -0.116. The molecule has 6 heteroatoms. The molecule has 1 N–H and O–H groups in total. The molecule has 3 aromatic rings. The molecule has 0 fully saturated rings. The molecule has 0 saturated carbocycles. The first-order valence-corrected chi connectivity index (χ1v) is 10.7. The average molecular weight is 438 g/mol. The number of nitrogens with one attached hydrogen (secondary N) is 1. The molecule has 0 atom stereocenters. The summed E-state index contributed by atoms with van der Waals surface area (Å²) in [6.07, 6.45) is 3.31. The van der Waals surface area contributed by atoms with Crippen LogP contribution in [-0.2, 0) is 4.79 Å². The Hall–Kier alpha value is -3.41. The van der Waals surface area contributed by atoms with Crippen molar-refractivity contribution in [2.75, 3.05) is 27.4 Å². The van der Waals surface area contributed by atoms with Crippen LogP contribution in [0, 0.1) is 5.92 Å². The Balaban J connectivity index is 2.12. The van der Waals surface area contributed by atoms with Crippen molar-refractivity contribution in [1.29, 1.82) is 0 Å². The highest BCUT2D eigenvalue weighted by atomic mass is 16.5. The van der Waals surface area contributed by atoms with Gasteiger partial charge in [-0.25, -0.2) is 0 Å². The summed E-state index contributed by atoms with van der Waals surface area (Å²) >= 11 is 0. The molecule has 0 aliphatic rings. The fourth-order valence-electron chi connectivity index (χ4n) is 3.50. The molecule has 1 heterocycles. The Morgan fingerprint density at radius 1 is 1.09 bits per heavy atom. The van der Waals surface area contributed by atoms with E-state index in [1.54, 1.807) is 26.6 Å². The molecule has 0 bridgehead atoms. The van der Waals surface area contributed by atoms with Crippen LogP contribution in [-0.4, -0.2) is 33.3 Å². The zero-order chi connectivity index (χ0) is 23.3. The molecule has 3 rings (SSSR count). The van der Waals surface area contributed by atoms with Crippen LogP contribution >= 0.6 is 0 Å². The second-order valence-corrected chi connectivity index (χ2v) is 7.96. The highest BCUT2D eigenvalue weighted by Crippen LogP contribution is 2.41. The number of hydrogen-bond acceptors (Lipinski definition) is 5. The number of benzene rings is 2. The van der Waals surface area contributed by atoms with Crippen molar-refractivity contribution < 1.29 is 23.4 Å². The molecular formula is C26H31NO5. The van der Waals surface area contributed by atoms with E-state index >= 15 is 0 Å². The quantitative estimate of drug-likeness (QED) is 0.436. The van der Waals surface area contributed by atoms with Crippen molar-refractivity contribution in [3.63, 3.8) is 0 Å². The lowest BCUT2D eigenvalue weighted by Gasteiger charge is -2.13. The molecular weight excluding hydrogens is 406 g/mol. The molecule has 0 aliphatic heterocycles. The summed E-state index contributed by atoms with van der Waals surface area (Å²) in [5.41, 5.74) is 4.06. The number of carbonyl (C=O) groups is 1. The number of amides is 1. The topological polar surface area (TPSA) is 69.9 Å². The van der Waals surface area contributed by atoms with Crippen LogP contribution in [0.3, 0.4) is 0 Å². The second-order valence-electron chi connectivity index (χ2n) is 7.96. The Labute approximate surface area is 189 Å². The maximum Gasteiger partial charge on any atom is 0.244 e. The van der Waals surface area contributed by atoms with E-state index in [1.807, 2.05) is 44.2 Å². The van der Waals surface area contributed by atoms with Crippen molar-refractivity contribution >= 4 is 22.4 Å². The lowest BCUT2D eigenvalue weighted by Crippen LogP contribution is -2.25. The summed E-state index contributed by atoms with van der Waals surface area (Å²) in [5.74, 6) is 2.36. The largest absolute Gasteiger partial charge is 0.497 e. The number of ether oxygens (including phenoxy) is 3. The van der Waals surface area contributed by atoms with Crippen LogP contribution in [0.25, 0.3) is 27.7 Å². The number of rotatable bonds is 9. The minimum absolute atomic E-state index is 0.124. The smallest absolute Gasteiger partial charge is 0.244 e. The molecule has 0 spiro atoms. The molecule has 0 unspecified atom stereocenters. The van der Waals surface area contributed by atoms with Crippen LogP contribution in [0.4, 0.5) is 0 Å². The van der Waals surface area contributed by atoms with Gasteiger partial charge in [-0.2, -0.15) is 0 Å². The Bertz CT molecular complexity index is 1130. The Morgan fingerprint density at radius 2 is 1.88 bits per heavy atom. The molecule has 0 radical (unpaired) electrons. The minimum atomic E-state index is -0.124. The van der Waals surface area contributed by atoms with Crippen LogP contribution in [0.5, 0.6) is 17.2 Å². The summed E-state index contributed by atoms with van der Waals surface area (Å²) in [4.78, 5) is 12.4. The first kappa shape index (κ1) is 23.3. The van der Waals surface area contributed by atoms with E-state index in [1.165, 1.54) is 0 Å². The third-order valence-corrected chi connectivity index (χ3v) is 5.13. The van der Waals surface area contributed by atoms with Crippen molar-refractivity contribution in [2.45, 2.75) is 27.7 Å². The van der Waals surface area contributed by atoms with Gasteiger partial charge in [-0.1, -0.05) is 13.8 Å². The normalized spacial score (nSPS) is 11.7. The molecule has 1 aromatic heterocycles. The van der Waals surface area contributed by atoms with E-state index in [-0.39, 0.29) is 5.91 Å². The number of allylic oxidation sites excluding steroid dienone is 1. The molecule has 0 saturated heterocycles. The van der Waals surface area contributed by atoms with E-state index < -0.39 is 0 Å². The van der Waals surface area contributed by atoms with E-state index in [2.05, 4.69) is 19.2 Å². The van der Waals surface area contributed by atoms with Gasteiger partial charge >= 0.3 is 0 Å². The highest BCUT2D eigenvalue weighted by molar-refractivity contribution is 6.01. The van der Waals surface area contributed by atoms with Crippen molar-refractivity contribution in [2.24, 2.45) is 5.92 Å². The SMILES string of the molecule is CCOc1cc2occ(-c3cc(OC)ccc3OC)c2cc1/C(C)=C/C(=O)NCC(C)C. The number of fused-ring (bicyclic) bond motifs is 1. The summed E-state index contributed by atoms with van der Waals surface area (Å²) in [6, 6.07) is 9.51. The van der Waals surface area contributed by atoms with Gasteiger partial charge in [0.2, 0.25) is 5.91 Å². The fourth-order valence-corrected chi connectivity index (χ4v) is 3.50. The van der Waals surface area contributed by atoms with Gasteiger partial charge in [-0.3, -0.25) is 4.79 Å². The molecule has 0 aliphatic carbocycles. The van der Waals surface area contributed by atoms with Crippen LogP contribution in [0.15, 0.2) is 47.1 Å². The first-order chi connectivity index (χ1) is 15.4. The number of methoxy groups -OCH3 is 2. The van der Waals surface area contributed by atoms with Crippen molar-refractivity contribution in [3.05, 3.63) is 48.2 Å². The maximum absolute atomic E-state index is 12.4. The Morgan fingerprint density at radius 3 is 2.53 bits per heavy atom. The van der Waals surface area contributed by atoms with E-state index in [9.17, 15) is 4.79 Å². The molecule has 32 heavy (non-hydrogen) atoms. The molecule has 6 nitrogen and oxygen atoms in total. The van der Waals surface area contributed by atoms with Crippen LogP contribution in [0.1, 0.15) is 33.3 Å². The van der Waals surface area contributed by atoms with Gasteiger partial charge in [0.25, 0.3) is 0 Å². The zero-order valence-electron chi connectivity index (χ0n) is 19.6. The molecule has 170 valence electrons. The van der Waals surface area contributed by atoms with Gasteiger partial charge in [0.1, 0.15) is 22.8 Å². The monoisotopic (exact) mass is 437 g/mol. The van der Waals surface area contributed by atoms with E-state index in [4.69, 9.17) is 18.6 Å². The van der Waals surface area contributed by atoms with Crippen molar-refractivity contribution in [1.82, 2.24) is 5.32 Å². The fraction of sp³-hybridized carbons (Fsp3) is 0.346. The van der Waals surface area contributed by atoms with Gasteiger partial charge < -0.3 is 23.9 Å². The lowest BCUT2D eigenvalue weighted by atomic mass is 9.98. The molecule has 2 aromatic carbocycles. The van der Waals surface area contributed by atoms with Crippen LogP contribution < -0.4 is 19.5 Å². The number of furan rings is 1. The van der Waals surface area contributed by atoms with Crippen LogP contribution in [0.2, 0.25) is 0 Å². The number of carbonyl (C=O) groups excluding carboxylic acids is 1. The molecule has 1 amide bonds. The highest BCUT2D eigenvalue weighted by Gasteiger charge is 2.18. The first-order valence-electron chi connectivity index (χ1n) is 10.7. The average Bonchev–Trinajstić information content (AvgIpc) is 3.19. The summed E-state index contributed by atoms with van der Waals surface area (Å²) in [7, 11) is 3.26. The predicted molar refractivity (Wildman–Crippen MR) is 127 cm³/mol. The standard InChI is InChI=1S/C26H31NO5/c1-7-31-24-13-25-21(12-19(24)17(4)10-26(28)27-14-16(2)3)22(15-32-25)20-11-18(29-5)8-9-23(20)30-6/h8-13,15-16H,7,14H2,1-6H3,(H,27,28)/b17-10+. The zero-order valence-corrected chi connectivity index (χ0v) is 19.6. The van der Waals surface area contributed by atoms with Gasteiger partial charge in [0, 0.05) is 40.8 Å². The third kappa shape index (κ3) is 5.07. The minimum Gasteiger partial charge on any atom is -0.497 e. The summed E-state index contributed by atoms with van der Waals surface area (Å²) < 4.78 is 22.7.